The van der Waals surface area contributed by atoms with E-state index in [1.807, 2.05) is 62.4 Å². The first-order chi connectivity index (χ1) is 14.7. The molecule has 0 aliphatic carbocycles. The van der Waals surface area contributed by atoms with Gasteiger partial charge in [0.15, 0.2) is 0 Å². The maximum Gasteiger partial charge on any atom is 0.330 e. The van der Waals surface area contributed by atoms with Crippen LogP contribution in [0, 0.1) is 13.8 Å². The Kier molecular flexibility index (Phi) is 6.81. The summed E-state index contributed by atoms with van der Waals surface area (Å²) in [6, 6.07) is 15.2. The maximum absolute atomic E-state index is 12.4. The Labute approximate surface area is 180 Å². The molecule has 2 aromatic carbocycles. The Hall–Kier alpha value is -3.52. The van der Waals surface area contributed by atoms with Crippen molar-refractivity contribution in [2.45, 2.75) is 26.5 Å². The van der Waals surface area contributed by atoms with Crippen LogP contribution < -0.4 is 26.6 Å². The SMILES string of the molecule is Cc1cc(C)cc(OCC(O)CN(C)c2c(N)n(Cc3ccccc3)c(=O)[nH]c2=O)c1. The third kappa shape index (κ3) is 5.55. The quantitative estimate of drug-likeness (QED) is 0.507. The number of nitrogens with two attached hydrogens (primary N) is 1. The van der Waals surface area contributed by atoms with Crippen LogP contribution in [0.15, 0.2) is 58.1 Å². The van der Waals surface area contributed by atoms with Gasteiger partial charge in [-0.25, -0.2) is 4.79 Å². The fourth-order valence-electron chi connectivity index (χ4n) is 3.54. The van der Waals surface area contributed by atoms with Gasteiger partial charge in [-0.05, 0) is 42.7 Å². The zero-order valence-electron chi connectivity index (χ0n) is 18.0. The van der Waals surface area contributed by atoms with Crippen LogP contribution in [-0.2, 0) is 6.54 Å². The number of likely N-dealkylation sites (N-methyl/N-ethyl adjacent to an activating group) is 1. The minimum atomic E-state index is -0.876. The van der Waals surface area contributed by atoms with Crippen molar-refractivity contribution in [3.63, 3.8) is 0 Å². The molecule has 0 saturated heterocycles. The predicted octanol–water partition coefficient (Wildman–Crippen LogP) is 1.66. The van der Waals surface area contributed by atoms with Gasteiger partial charge in [0.05, 0.1) is 6.54 Å². The largest absolute Gasteiger partial charge is 0.491 e. The van der Waals surface area contributed by atoms with E-state index in [0.717, 1.165) is 16.7 Å². The number of benzene rings is 2. The molecule has 0 fully saturated rings. The van der Waals surface area contributed by atoms with Gasteiger partial charge in [-0.3, -0.25) is 14.3 Å². The highest BCUT2D eigenvalue weighted by Crippen LogP contribution is 2.18. The van der Waals surface area contributed by atoms with Crippen molar-refractivity contribution in [3.05, 3.63) is 86.1 Å². The number of ether oxygens (including phenoxy) is 1. The number of hydrogen-bond acceptors (Lipinski definition) is 6. The van der Waals surface area contributed by atoms with E-state index in [4.69, 9.17) is 10.5 Å². The third-order valence-corrected chi connectivity index (χ3v) is 4.90. The van der Waals surface area contributed by atoms with E-state index in [1.165, 1.54) is 9.47 Å². The number of aliphatic hydroxyl groups is 1. The van der Waals surface area contributed by atoms with Crippen molar-refractivity contribution >= 4 is 11.5 Å². The number of aromatic amines is 1. The van der Waals surface area contributed by atoms with Gasteiger partial charge in [-0.15, -0.1) is 0 Å². The molecule has 164 valence electrons. The summed E-state index contributed by atoms with van der Waals surface area (Å²) < 4.78 is 7.01. The van der Waals surface area contributed by atoms with Crippen molar-refractivity contribution in [3.8, 4) is 5.75 Å². The number of nitrogens with zero attached hydrogens (tertiary/aromatic N) is 2. The van der Waals surface area contributed by atoms with Gasteiger partial charge < -0.3 is 20.5 Å². The van der Waals surface area contributed by atoms with Gasteiger partial charge in [0.25, 0.3) is 5.56 Å². The number of rotatable bonds is 8. The Bertz CT molecular complexity index is 1130. The Morgan fingerprint density at radius 3 is 2.42 bits per heavy atom. The summed E-state index contributed by atoms with van der Waals surface area (Å²) >= 11 is 0. The van der Waals surface area contributed by atoms with Crippen molar-refractivity contribution < 1.29 is 9.84 Å². The molecule has 1 aromatic heterocycles. The number of aryl methyl sites for hydroxylation is 2. The number of nitrogen functional groups attached to an aromatic ring is 1. The molecule has 0 saturated carbocycles. The highest BCUT2D eigenvalue weighted by Gasteiger charge is 2.19. The summed E-state index contributed by atoms with van der Waals surface area (Å²) in [7, 11) is 1.64. The molecule has 1 unspecified atom stereocenters. The molecule has 0 aliphatic rings. The van der Waals surface area contributed by atoms with Gasteiger partial charge in [0.2, 0.25) is 0 Å². The highest BCUT2D eigenvalue weighted by molar-refractivity contribution is 5.62. The van der Waals surface area contributed by atoms with Crippen molar-refractivity contribution in [2.75, 3.05) is 30.8 Å². The van der Waals surface area contributed by atoms with E-state index < -0.39 is 17.4 Å². The average Bonchev–Trinajstić information content (AvgIpc) is 2.69. The molecule has 3 aromatic rings. The predicted molar refractivity (Wildman–Crippen MR) is 122 cm³/mol. The molecule has 4 N–H and O–H groups in total. The number of anilines is 2. The lowest BCUT2D eigenvalue weighted by Crippen LogP contribution is -2.40. The molecule has 31 heavy (non-hydrogen) atoms. The van der Waals surface area contributed by atoms with E-state index in [-0.39, 0.29) is 31.2 Å². The van der Waals surface area contributed by atoms with Crippen molar-refractivity contribution in [2.24, 2.45) is 0 Å². The molecule has 0 aliphatic heterocycles. The smallest absolute Gasteiger partial charge is 0.330 e. The number of aliphatic hydroxyl groups excluding tert-OH is 1. The lowest BCUT2D eigenvalue weighted by Gasteiger charge is -2.24. The molecule has 8 nitrogen and oxygen atoms in total. The summed E-state index contributed by atoms with van der Waals surface area (Å²) in [4.78, 5) is 28.6. The Balaban J connectivity index is 1.74. The second-order valence-electron chi connectivity index (χ2n) is 7.73. The van der Waals surface area contributed by atoms with E-state index in [1.54, 1.807) is 7.05 Å². The minimum absolute atomic E-state index is 0.0440. The topological polar surface area (TPSA) is 114 Å². The van der Waals surface area contributed by atoms with Gasteiger partial charge in [0, 0.05) is 13.6 Å². The zero-order chi connectivity index (χ0) is 22.5. The van der Waals surface area contributed by atoms with E-state index in [2.05, 4.69) is 4.98 Å². The summed E-state index contributed by atoms with van der Waals surface area (Å²) in [5.74, 6) is 0.718. The number of nitrogens with one attached hydrogen (secondary N) is 1. The van der Waals surface area contributed by atoms with Crippen LogP contribution >= 0.6 is 0 Å². The molecule has 1 heterocycles. The van der Waals surface area contributed by atoms with Gasteiger partial charge in [-0.2, -0.15) is 0 Å². The molecule has 3 rings (SSSR count). The summed E-state index contributed by atoms with van der Waals surface area (Å²) in [6.07, 6.45) is -0.876. The molecule has 0 radical (unpaired) electrons. The standard InChI is InChI=1S/C23H28N4O4/c1-15-9-16(2)11-19(10-15)31-14-18(28)13-26(3)20-21(24)27(23(30)25-22(20)29)12-17-7-5-4-6-8-17/h4-11,18,28H,12-14,24H2,1-3H3,(H,25,29,30). The Morgan fingerprint density at radius 2 is 1.77 bits per heavy atom. The normalized spacial score (nSPS) is 11.9. The number of H-pyrrole nitrogens is 1. The molecular formula is C23H28N4O4. The second-order valence-corrected chi connectivity index (χ2v) is 7.73. The Morgan fingerprint density at radius 1 is 1.13 bits per heavy atom. The summed E-state index contributed by atoms with van der Waals surface area (Å²) in [5.41, 5.74) is 8.16. The zero-order valence-corrected chi connectivity index (χ0v) is 18.0. The number of hydrogen-bond donors (Lipinski definition) is 3. The van der Waals surface area contributed by atoms with E-state index in [0.29, 0.717) is 5.75 Å². The van der Waals surface area contributed by atoms with Crippen LogP contribution in [0.1, 0.15) is 16.7 Å². The van der Waals surface area contributed by atoms with Crippen molar-refractivity contribution in [1.82, 2.24) is 9.55 Å². The first-order valence-electron chi connectivity index (χ1n) is 10.0. The van der Waals surface area contributed by atoms with Crippen LogP contribution in [0.2, 0.25) is 0 Å². The summed E-state index contributed by atoms with van der Waals surface area (Å²) in [5, 5.41) is 10.4. The lowest BCUT2D eigenvalue weighted by atomic mass is 10.1. The molecule has 1 atom stereocenters. The number of aromatic nitrogens is 2. The lowest BCUT2D eigenvalue weighted by molar-refractivity contribution is 0.113. The maximum atomic E-state index is 12.4. The fourth-order valence-corrected chi connectivity index (χ4v) is 3.54. The monoisotopic (exact) mass is 424 g/mol. The van der Waals surface area contributed by atoms with Gasteiger partial charge in [0.1, 0.15) is 30.0 Å². The molecular weight excluding hydrogens is 396 g/mol. The van der Waals surface area contributed by atoms with Crippen molar-refractivity contribution in [1.29, 1.82) is 0 Å². The first kappa shape index (κ1) is 22.2. The van der Waals surface area contributed by atoms with Crippen LogP contribution in [0.4, 0.5) is 11.5 Å². The first-order valence-corrected chi connectivity index (χ1v) is 10.0. The van der Waals surface area contributed by atoms with Crippen LogP contribution in [0.25, 0.3) is 0 Å². The van der Waals surface area contributed by atoms with Crippen LogP contribution in [-0.4, -0.2) is 41.0 Å². The molecule has 0 spiro atoms. The fraction of sp³-hybridized carbons (Fsp3) is 0.304. The highest BCUT2D eigenvalue weighted by atomic mass is 16.5. The van der Waals surface area contributed by atoms with E-state index >= 15 is 0 Å². The molecule has 0 amide bonds. The molecule has 8 heteroatoms. The third-order valence-electron chi connectivity index (χ3n) is 4.90. The van der Waals surface area contributed by atoms with Crippen LogP contribution in [0.5, 0.6) is 5.75 Å². The summed E-state index contributed by atoms with van der Waals surface area (Å²) in [6.45, 7) is 4.32. The minimum Gasteiger partial charge on any atom is -0.491 e. The second kappa shape index (κ2) is 9.53. The van der Waals surface area contributed by atoms with Gasteiger partial charge in [-0.1, -0.05) is 36.4 Å². The van der Waals surface area contributed by atoms with Gasteiger partial charge >= 0.3 is 5.69 Å². The molecule has 0 bridgehead atoms. The average molecular weight is 425 g/mol. The van der Waals surface area contributed by atoms with E-state index in [9.17, 15) is 14.7 Å². The van der Waals surface area contributed by atoms with Crippen LogP contribution in [0.3, 0.4) is 0 Å².